The zero-order valence-corrected chi connectivity index (χ0v) is 12.1. The van der Waals surface area contributed by atoms with Gasteiger partial charge in [-0.3, -0.25) is 4.98 Å². The van der Waals surface area contributed by atoms with Gasteiger partial charge in [0, 0.05) is 17.4 Å². The molecule has 2 aromatic rings. The van der Waals surface area contributed by atoms with Crippen LogP contribution in [0, 0.1) is 0 Å². The second kappa shape index (κ2) is 5.68. The van der Waals surface area contributed by atoms with E-state index in [2.05, 4.69) is 9.98 Å². The molecule has 6 heteroatoms. The maximum absolute atomic E-state index is 11.8. The molecule has 0 unspecified atom stereocenters. The monoisotopic (exact) mass is 318 g/mol. The highest BCUT2D eigenvalue weighted by Crippen LogP contribution is 2.26. The van der Waals surface area contributed by atoms with Gasteiger partial charge >= 0.3 is 5.97 Å². The first-order valence-electron chi connectivity index (χ1n) is 6.01. The van der Waals surface area contributed by atoms with E-state index in [0.29, 0.717) is 15.6 Å². The first-order chi connectivity index (χ1) is 10.1. The largest absolute Gasteiger partial charge is 0.402 e. The third-order valence-electron chi connectivity index (χ3n) is 2.77. The van der Waals surface area contributed by atoms with Gasteiger partial charge in [0.05, 0.1) is 10.6 Å². The van der Waals surface area contributed by atoms with Crippen molar-refractivity contribution in [3.63, 3.8) is 0 Å². The van der Waals surface area contributed by atoms with Gasteiger partial charge < -0.3 is 4.74 Å². The molecule has 4 nitrogen and oxygen atoms in total. The number of aromatic nitrogens is 1. The van der Waals surface area contributed by atoms with Crippen molar-refractivity contribution < 1.29 is 9.53 Å². The molecule has 0 radical (unpaired) electrons. The van der Waals surface area contributed by atoms with Crippen molar-refractivity contribution in [1.29, 1.82) is 0 Å². The number of carbonyl (C=O) groups is 1. The molecule has 0 spiro atoms. The average Bonchev–Trinajstić information content (AvgIpc) is 2.81. The second-order valence-corrected chi connectivity index (χ2v) is 5.09. The molecule has 0 amide bonds. The molecule has 1 aliphatic heterocycles. The Hall–Kier alpha value is -2.17. The van der Waals surface area contributed by atoms with Crippen molar-refractivity contribution >= 4 is 41.1 Å². The normalized spacial score (nSPS) is 16.0. The summed E-state index contributed by atoms with van der Waals surface area (Å²) in [5, 5.41) is 0.872. The number of benzene rings is 1. The first-order valence-corrected chi connectivity index (χ1v) is 6.77. The van der Waals surface area contributed by atoms with Crippen LogP contribution in [0.5, 0.6) is 0 Å². The molecule has 0 saturated heterocycles. The van der Waals surface area contributed by atoms with Gasteiger partial charge in [-0.2, -0.15) is 0 Å². The maximum Gasteiger partial charge on any atom is 0.363 e. The highest BCUT2D eigenvalue weighted by atomic mass is 35.5. The van der Waals surface area contributed by atoms with E-state index >= 15 is 0 Å². The Morgan fingerprint density at radius 1 is 1.19 bits per heavy atom. The standard InChI is InChI=1S/C15H8Cl2N2O2/c16-10-3-4-11(12(17)7-10)14-19-13(15(20)21-14)6-9-2-1-5-18-8-9/h1-8H/b13-6-. The molecule has 104 valence electrons. The number of hydrogen-bond acceptors (Lipinski definition) is 4. The Morgan fingerprint density at radius 2 is 2.05 bits per heavy atom. The van der Waals surface area contributed by atoms with Gasteiger partial charge in [0.1, 0.15) is 0 Å². The van der Waals surface area contributed by atoms with Crippen molar-refractivity contribution in [3.05, 3.63) is 69.6 Å². The van der Waals surface area contributed by atoms with Crippen LogP contribution in [0.1, 0.15) is 11.1 Å². The molecule has 0 atom stereocenters. The fraction of sp³-hybridized carbons (Fsp3) is 0. The molecule has 0 fully saturated rings. The molecule has 1 aliphatic rings. The topological polar surface area (TPSA) is 51.5 Å². The van der Waals surface area contributed by atoms with Gasteiger partial charge in [-0.05, 0) is 35.9 Å². The van der Waals surface area contributed by atoms with Crippen LogP contribution in [0.4, 0.5) is 0 Å². The van der Waals surface area contributed by atoms with Crippen molar-refractivity contribution in [2.75, 3.05) is 0 Å². The summed E-state index contributed by atoms with van der Waals surface area (Å²) in [5.74, 6) is -0.364. The molecular weight excluding hydrogens is 311 g/mol. The van der Waals surface area contributed by atoms with Gasteiger partial charge in [0.25, 0.3) is 0 Å². The van der Waals surface area contributed by atoms with Crippen LogP contribution < -0.4 is 0 Å². The average molecular weight is 319 g/mol. The summed E-state index contributed by atoms with van der Waals surface area (Å²) in [4.78, 5) is 20.0. The van der Waals surface area contributed by atoms with Crippen LogP contribution in [0.3, 0.4) is 0 Å². The lowest BCUT2D eigenvalue weighted by molar-refractivity contribution is -0.129. The number of carbonyl (C=O) groups excluding carboxylic acids is 1. The molecular formula is C15H8Cl2N2O2. The first kappa shape index (κ1) is 13.8. The van der Waals surface area contributed by atoms with E-state index in [4.69, 9.17) is 27.9 Å². The fourth-order valence-corrected chi connectivity index (χ4v) is 2.30. The molecule has 21 heavy (non-hydrogen) atoms. The van der Waals surface area contributed by atoms with Gasteiger partial charge in [0.2, 0.25) is 5.90 Å². The summed E-state index contributed by atoms with van der Waals surface area (Å²) in [5.41, 5.74) is 1.48. The number of hydrogen-bond donors (Lipinski definition) is 0. The molecule has 0 saturated carbocycles. The summed E-state index contributed by atoms with van der Waals surface area (Å²) in [6, 6.07) is 8.47. The molecule has 1 aromatic carbocycles. The van der Waals surface area contributed by atoms with Gasteiger partial charge in [-0.1, -0.05) is 29.3 Å². The third-order valence-corrected chi connectivity index (χ3v) is 3.32. The summed E-state index contributed by atoms with van der Waals surface area (Å²) in [6.07, 6.45) is 4.88. The van der Waals surface area contributed by atoms with Gasteiger partial charge in [0.15, 0.2) is 5.70 Å². The van der Waals surface area contributed by atoms with E-state index in [9.17, 15) is 4.79 Å². The Labute approximate surface area is 130 Å². The highest BCUT2D eigenvalue weighted by Gasteiger charge is 2.25. The van der Waals surface area contributed by atoms with E-state index in [1.54, 1.807) is 42.7 Å². The van der Waals surface area contributed by atoms with Crippen LogP contribution in [0.15, 0.2) is 53.4 Å². The van der Waals surface area contributed by atoms with E-state index in [1.807, 2.05) is 6.07 Å². The third kappa shape index (κ3) is 2.96. The quantitative estimate of drug-likeness (QED) is 0.626. The number of cyclic esters (lactones) is 1. The molecule has 0 bridgehead atoms. The Morgan fingerprint density at radius 3 is 2.76 bits per heavy atom. The maximum atomic E-state index is 11.8. The molecule has 0 N–H and O–H groups in total. The predicted octanol–water partition coefficient (Wildman–Crippen LogP) is 3.73. The van der Waals surface area contributed by atoms with Crippen molar-refractivity contribution in [2.45, 2.75) is 0 Å². The lowest BCUT2D eigenvalue weighted by Crippen LogP contribution is -2.05. The second-order valence-electron chi connectivity index (χ2n) is 4.25. The molecule has 0 aliphatic carbocycles. The number of aliphatic imine (C=N–C) groups is 1. The molecule has 3 rings (SSSR count). The summed E-state index contributed by atoms with van der Waals surface area (Å²) in [7, 11) is 0. The van der Waals surface area contributed by atoms with Crippen LogP contribution in [0.25, 0.3) is 6.08 Å². The molecule has 2 heterocycles. The Kier molecular flexibility index (Phi) is 3.73. The van der Waals surface area contributed by atoms with Crippen molar-refractivity contribution in [2.24, 2.45) is 4.99 Å². The smallest absolute Gasteiger partial charge is 0.363 e. The highest BCUT2D eigenvalue weighted by molar-refractivity contribution is 6.37. The van der Waals surface area contributed by atoms with E-state index < -0.39 is 5.97 Å². The Balaban J connectivity index is 1.97. The van der Waals surface area contributed by atoms with Crippen molar-refractivity contribution in [1.82, 2.24) is 4.98 Å². The minimum atomic E-state index is -0.528. The number of halogens is 2. The summed E-state index contributed by atoms with van der Waals surface area (Å²) in [6.45, 7) is 0. The van der Waals surface area contributed by atoms with Crippen molar-refractivity contribution in [3.8, 4) is 0 Å². The lowest BCUT2D eigenvalue weighted by atomic mass is 10.2. The minimum absolute atomic E-state index is 0.164. The zero-order valence-electron chi connectivity index (χ0n) is 10.6. The van der Waals surface area contributed by atoms with Crippen LogP contribution in [-0.2, 0) is 9.53 Å². The van der Waals surface area contributed by atoms with E-state index in [0.717, 1.165) is 5.56 Å². The SMILES string of the molecule is O=C1OC(c2ccc(Cl)cc2Cl)=N/C1=C\c1cccnc1. The molecule has 1 aromatic heterocycles. The minimum Gasteiger partial charge on any atom is -0.402 e. The summed E-state index contributed by atoms with van der Waals surface area (Å²) >= 11 is 11.9. The van der Waals surface area contributed by atoms with E-state index in [1.165, 1.54) is 0 Å². The Bertz CT molecular complexity index is 770. The number of esters is 1. The number of pyridine rings is 1. The number of nitrogens with zero attached hydrogens (tertiary/aromatic N) is 2. The summed E-state index contributed by atoms with van der Waals surface area (Å²) < 4.78 is 5.15. The van der Waals surface area contributed by atoms with Crippen LogP contribution in [-0.4, -0.2) is 16.9 Å². The van der Waals surface area contributed by atoms with E-state index in [-0.39, 0.29) is 11.6 Å². The zero-order chi connectivity index (χ0) is 14.8. The lowest BCUT2D eigenvalue weighted by Gasteiger charge is -2.02. The fourth-order valence-electron chi connectivity index (χ4n) is 1.81. The van der Waals surface area contributed by atoms with Crippen LogP contribution in [0.2, 0.25) is 10.0 Å². The number of ether oxygens (including phenoxy) is 1. The van der Waals surface area contributed by atoms with Crippen LogP contribution >= 0.6 is 23.2 Å². The van der Waals surface area contributed by atoms with Gasteiger partial charge in [-0.25, -0.2) is 9.79 Å². The number of rotatable bonds is 2. The predicted molar refractivity (Wildman–Crippen MR) is 81.3 cm³/mol. The van der Waals surface area contributed by atoms with Gasteiger partial charge in [-0.15, -0.1) is 0 Å².